The number of ether oxygens (including phenoxy) is 1. The minimum atomic E-state index is 0.456. The van der Waals surface area contributed by atoms with Gasteiger partial charge in [0.25, 0.3) is 0 Å². The van der Waals surface area contributed by atoms with Crippen LogP contribution < -0.4 is 5.32 Å². The molecule has 0 aromatic carbocycles. The van der Waals surface area contributed by atoms with Gasteiger partial charge in [-0.05, 0) is 19.3 Å². The Morgan fingerprint density at radius 3 is 3.31 bits per heavy atom. The Bertz CT molecular complexity index is 284. The molecule has 2 unspecified atom stereocenters. The highest BCUT2D eigenvalue weighted by atomic mass is 16.5. The molecule has 4 heteroatoms. The molecule has 0 bridgehead atoms. The molecule has 2 rings (SSSR count). The van der Waals surface area contributed by atoms with Gasteiger partial charge in [-0.15, -0.1) is 0 Å². The highest BCUT2D eigenvalue weighted by Crippen LogP contribution is 2.17. The first-order valence-electron chi connectivity index (χ1n) is 6.20. The Balaban J connectivity index is 1.72. The van der Waals surface area contributed by atoms with Crippen molar-refractivity contribution in [2.24, 2.45) is 0 Å². The zero-order valence-corrected chi connectivity index (χ0v) is 9.91. The van der Waals surface area contributed by atoms with Crippen molar-refractivity contribution in [1.29, 1.82) is 0 Å². The number of hydrogen-bond donors (Lipinski definition) is 2. The second kappa shape index (κ2) is 6.01. The molecule has 2 heterocycles. The van der Waals surface area contributed by atoms with E-state index < -0.39 is 0 Å². The molecule has 1 aromatic rings. The maximum absolute atomic E-state index is 5.73. The minimum absolute atomic E-state index is 0.456. The van der Waals surface area contributed by atoms with Crippen molar-refractivity contribution in [3.8, 4) is 0 Å². The van der Waals surface area contributed by atoms with Gasteiger partial charge in [0.15, 0.2) is 0 Å². The zero-order chi connectivity index (χ0) is 11.2. The molecule has 1 saturated heterocycles. The monoisotopic (exact) mass is 223 g/mol. The molecule has 1 aliphatic rings. The molecular weight excluding hydrogens is 202 g/mol. The average molecular weight is 223 g/mol. The van der Waals surface area contributed by atoms with Gasteiger partial charge in [0.2, 0.25) is 0 Å². The Hall–Kier alpha value is -0.870. The van der Waals surface area contributed by atoms with Crippen LogP contribution in [-0.4, -0.2) is 28.7 Å². The third kappa shape index (κ3) is 3.32. The SMILES string of the molecule is CCCC1CC(NCc2cnc[nH]2)CCO1. The molecule has 16 heavy (non-hydrogen) atoms. The number of aromatic amines is 1. The number of hydrogen-bond acceptors (Lipinski definition) is 3. The fourth-order valence-corrected chi connectivity index (χ4v) is 2.22. The van der Waals surface area contributed by atoms with E-state index >= 15 is 0 Å². The molecule has 0 radical (unpaired) electrons. The predicted molar refractivity (Wildman–Crippen MR) is 63.1 cm³/mol. The molecule has 0 saturated carbocycles. The molecule has 2 atom stereocenters. The molecule has 1 fully saturated rings. The first kappa shape index (κ1) is 11.6. The molecule has 2 N–H and O–H groups in total. The quantitative estimate of drug-likeness (QED) is 0.801. The van der Waals surface area contributed by atoms with Crippen molar-refractivity contribution in [2.45, 2.75) is 51.3 Å². The third-order valence-corrected chi connectivity index (χ3v) is 3.11. The molecule has 0 aliphatic carbocycles. The summed E-state index contributed by atoms with van der Waals surface area (Å²) in [5.74, 6) is 0. The Kier molecular flexibility index (Phi) is 4.36. The minimum Gasteiger partial charge on any atom is -0.378 e. The number of imidazole rings is 1. The highest BCUT2D eigenvalue weighted by molar-refractivity contribution is 4.94. The Morgan fingerprint density at radius 1 is 1.62 bits per heavy atom. The third-order valence-electron chi connectivity index (χ3n) is 3.11. The summed E-state index contributed by atoms with van der Waals surface area (Å²) in [6.45, 7) is 3.99. The molecular formula is C12H21N3O. The topological polar surface area (TPSA) is 49.9 Å². The van der Waals surface area contributed by atoms with Crippen molar-refractivity contribution < 1.29 is 4.74 Å². The fourth-order valence-electron chi connectivity index (χ4n) is 2.22. The molecule has 1 aromatic heterocycles. The summed E-state index contributed by atoms with van der Waals surface area (Å²) in [5.41, 5.74) is 1.15. The molecule has 4 nitrogen and oxygen atoms in total. The summed E-state index contributed by atoms with van der Waals surface area (Å²) < 4.78 is 5.73. The van der Waals surface area contributed by atoms with E-state index in [0.29, 0.717) is 12.1 Å². The van der Waals surface area contributed by atoms with Crippen LogP contribution in [0.4, 0.5) is 0 Å². The van der Waals surface area contributed by atoms with Crippen LogP contribution in [0, 0.1) is 0 Å². The summed E-state index contributed by atoms with van der Waals surface area (Å²) in [5, 5.41) is 3.56. The van der Waals surface area contributed by atoms with Crippen molar-refractivity contribution >= 4 is 0 Å². The van der Waals surface area contributed by atoms with Gasteiger partial charge in [-0.1, -0.05) is 13.3 Å². The zero-order valence-electron chi connectivity index (χ0n) is 9.91. The summed E-state index contributed by atoms with van der Waals surface area (Å²) >= 11 is 0. The van der Waals surface area contributed by atoms with Crippen LogP contribution in [0.2, 0.25) is 0 Å². The van der Waals surface area contributed by atoms with Crippen LogP contribution in [-0.2, 0) is 11.3 Å². The van der Waals surface area contributed by atoms with Gasteiger partial charge in [-0.3, -0.25) is 0 Å². The van der Waals surface area contributed by atoms with Crippen LogP contribution >= 0.6 is 0 Å². The largest absolute Gasteiger partial charge is 0.378 e. The predicted octanol–water partition coefficient (Wildman–Crippen LogP) is 1.85. The van der Waals surface area contributed by atoms with Crippen LogP contribution in [0.15, 0.2) is 12.5 Å². The first-order chi connectivity index (χ1) is 7.88. The van der Waals surface area contributed by atoms with Gasteiger partial charge < -0.3 is 15.0 Å². The van der Waals surface area contributed by atoms with Gasteiger partial charge in [0, 0.05) is 31.1 Å². The van der Waals surface area contributed by atoms with Gasteiger partial charge in [0.1, 0.15) is 0 Å². The van der Waals surface area contributed by atoms with E-state index in [9.17, 15) is 0 Å². The molecule has 0 amide bonds. The van der Waals surface area contributed by atoms with Crippen molar-refractivity contribution in [1.82, 2.24) is 15.3 Å². The lowest BCUT2D eigenvalue weighted by Crippen LogP contribution is -2.38. The number of rotatable bonds is 5. The first-order valence-corrected chi connectivity index (χ1v) is 6.20. The van der Waals surface area contributed by atoms with E-state index in [1.165, 1.54) is 12.8 Å². The number of nitrogens with one attached hydrogen (secondary N) is 2. The van der Waals surface area contributed by atoms with Crippen molar-refractivity contribution in [3.63, 3.8) is 0 Å². The second-order valence-corrected chi connectivity index (χ2v) is 4.46. The van der Waals surface area contributed by atoms with Crippen molar-refractivity contribution in [3.05, 3.63) is 18.2 Å². The summed E-state index contributed by atoms with van der Waals surface area (Å²) in [6.07, 6.45) is 8.70. The molecule has 90 valence electrons. The smallest absolute Gasteiger partial charge is 0.0922 e. The number of H-pyrrole nitrogens is 1. The lowest BCUT2D eigenvalue weighted by Gasteiger charge is -2.30. The Labute approximate surface area is 96.8 Å². The van der Waals surface area contributed by atoms with Gasteiger partial charge in [-0.2, -0.15) is 0 Å². The van der Waals surface area contributed by atoms with E-state index in [2.05, 4.69) is 22.2 Å². The standard InChI is InChI=1S/C12H21N3O/c1-2-3-12-6-10(4-5-16-12)14-8-11-7-13-9-15-11/h7,9-10,12,14H,2-6,8H2,1H3,(H,13,15). The maximum atomic E-state index is 5.73. The van der Waals surface area contributed by atoms with Crippen molar-refractivity contribution in [2.75, 3.05) is 6.61 Å². The lowest BCUT2D eigenvalue weighted by molar-refractivity contribution is -0.00347. The van der Waals surface area contributed by atoms with E-state index in [4.69, 9.17) is 4.74 Å². The maximum Gasteiger partial charge on any atom is 0.0922 e. The lowest BCUT2D eigenvalue weighted by atomic mass is 10.00. The van der Waals surface area contributed by atoms with Crippen LogP contribution in [0.5, 0.6) is 0 Å². The van der Waals surface area contributed by atoms with Gasteiger partial charge in [0.05, 0.1) is 12.4 Å². The molecule has 1 aliphatic heterocycles. The van der Waals surface area contributed by atoms with Gasteiger partial charge in [-0.25, -0.2) is 4.98 Å². The highest BCUT2D eigenvalue weighted by Gasteiger charge is 2.21. The fraction of sp³-hybridized carbons (Fsp3) is 0.750. The van der Waals surface area contributed by atoms with E-state index in [-0.39, 0.29) is 0 Å². The number of nitrogens with zero attached hydrogens (tertiary/aromatic N) is 1. The number of aromatic nitrogens is 2. The van der Waals surface area contributed by atoms with Crippen LogP contribution in [0.25, 0.3) is 0 Å². The Morgan fingerprint density at radius 2 is 2.56 bits per heavy atom. The van der Waals surface area contributed by atoms with Crippen LogP contribution in [0.1, 0.15) is 38.3 Å². The second-order valence-electron chi connectivity index (χ2n) is 4.46. The van der Waals surface area contributed by atoms with Gasteiger partial charge >= 0.3 is 0 Å². The summed E-state index contributed by atoms with van der Waals surface area (Å²) in [4.78, 5) is 7.12. The normalized spacial score (nSPS) is 25.8. The van der Waals surface area contributed by atoms with E-state index in [1.807, 2.05) is 6.20 Å². The van der Waals surface area contributed by atoms with E-state index in [0.717, 1.165) is 31.7 Å². The molecule has 0 spiro atoms. The van der Waals surface area contributed by atoms with E-state index in [1.54, 1.807) is 6.33 Å². The van der Waals surface area contributed by atoms with Crippen LogP contribution in [0.3, 0.4) is 0 Å². The summed E-state index contributed by atoms with van der Waals surface area (Å²) in [7, 11) is 0. The summed E-state index contributed by atoms with van der Waals surface area (Å²) in [6, 6.07) is 0.591. The average Bonchev–Trinajstić information content (AvgIpc) is 2.80.